The average molecular weight is 260 g/mol. The number of hydrogen-bond donors (Lipinski definition) is 1. The third kappa shape index (κ3) is 2.52. The van der Waals surface area contributed by atoms with Crippen LogP contribution in [0.5, 0.6) is 5.75 Å². The van der Waals surface area contributed by atoms with Gasteiger partial charge in [-0.05, 0) is 31.4 Å². The van der Waals surface area contributed by atoms with Crippen LogP contribution in [0.25, 0.3) is 0 Å². The second kappa shape index (κ2) is 5.55. The van der Waals surface area contributed by atoms with Crippen molar-refractivity contribution in [1.82, 2.24) is 0 Å². The van der Waals surface area contributed by atoms with Crippen LogP contribution in [0, 0.1) is 0 Å². The Balaban J connectivity index is 1.73. The van der Waals surface area contributed by atoms with Gasteiger partial charge in [0.05, 0.1) is 17.3 Å². The Morgan fingerprint density at radius 1 is 1.21 bits per heavy atom. The highest BCUT2D eigenvalue weighted by Gasteiger charge is 2.61. The number of aliphatic hydroxyl groups excluding tert-OH is 1. The Labute approximate surface area is 115 Å². The van der Waals surface area contributed by atoms with Gasteiger partial charge in [-0.3, -0.25) is 0 Å². The molecule has 4 heteroatoms. The first-order chi connectivity index (χ1) is 9.34. The summed E-state index contributed by atoms with van der Waals surface area (Å²) in [4.78, 5) is 0. The molecular weight excluding hydrogens is 239 g/mol. The summed E-state index contributed by atoms with van der Waals surface area (Å²) in [7, 11) is 0. The minimum atomic E-state index is -0.0894. The summed E-state index contributed by atoms with van der Waals surface area (Å²) in [6.07, 6.45) is 6.59. The van der Waals surface area contributed by atoms with Crippen molar-refractivity contribution in [2.45, 2.75) is 50.0 Å². The molecule has 1 N–H and O–H groups in total. The number of rotatable bonds is 4. The van der Waals surface area contributed by atoms with Gasteiger partial charge in [-0.1, -0.05) is 37.5 Å². The Morgan fingerprint density at radius 2 is 1.95 bits per heavy atom. The van der Waals surface area contributed by atoms with Crippen molar-refractivity contribution in [3.8, 4) is 5.75 Å². The molecule has 0 aromatic heterocycles. The van der Waals surface area contributed by atoms with E-state index >= 15 is 0 Å². The van der Waals surface area contributed by atoms with E-state index in [0.29, 0.717) is 6.42 Å². The molecule has 2 fully saturated rings. The lowest BCUT2D eigenvalue weighted by molar-refractivity contribution is -0.108. The van der Waals surface area contributed by atoms with Gasteiger partial charge >= 0.3 is 6.92 Å². The third-order valence-electron chi connectivity index (χ3n) is 4.36. The molecule has 1 saturated heterocycles. The van der Waals surface area contributed by atoms with Crippen molar-refractivity contribution in [2.24, 2.45) is 0 Å². The topological polar surface area (TPSA) is 38.7 Å². The van der Waals surface area contributed by atoms with Gasteiger partial charge < -0.3 is 14.5 Å². The molecule has 1 heterocycles. The van der Waals surface area contributed by atoms with E-state index in [1.807, 2.05) is 30.3 Å². The molecule has 1 aliphatic heterocycles. The van der Waals surface area contributed by atoms with Crippen LogP contribution in [0.1, 0.15) is 38.5 Å². The van der Waals surface area contributed by atoms with Crippen LogP contribution in [0.2, 0.25) is 0 Å². The average Bonchev–Trinajstić information content (AvgIpc) is 2.47. The largest absolute Gasteiger partial charge is 0.555 e. The van der Waals surface area contributed by atoms with Crippen LogP contribution in [0.15, 0.2) is 30.3 Å². The third-order valence-corrected chi connectivity index (χ3v) is 4.36. The van der Waals surface area contributed by atoms with E-state index in [4.69, 9.17) is 14.5 Å². The van der Waals surface area contributed by atoms with Crippen LogP contribution >= 0.6 is 0 Å². The van der Waals surface area contributed by atoms with E-state index in [-0.39, 0.29) is 25.0 Å². The lowest BCUT2D eigenvalue weighted by Crippen LogP contribution is -2.71. The Morgan fingerprint density at radius 3 is 2.63 bits per heavy atom. The monoisotopic (exact) mass is 260 g/mol. The molecule has 2 aliphatic rings. The SMILES string of the molecule is OCCC1OC2(CCCCC2)B1Oc1ccccc1. The minimum Gasteiger partial charge on any atom is -0.555 e. The molecule has 1 aromatic rings. The summed E-state index contributed by atoms with van der Waals surface area (Å²) in [6, 6.07) is 10.00. The van der Waals surface area contributed by atoms with Gasteiger partial charge in [0.1, 0.15) is 0 Å². The van der Waals surface area contributed by atoms with E-state index < -0.39 is 0 Å². The molecule has 0 amide bonds. The Bertz CT molecular complexity index is 403. The molecule has 0 radical (unpaired) electrons. The predicted octanol–water partition coefficient (Wildman–Crippen LogP) is 2.62. The van der Waals surface area contributed by atoms with Crippen molar-refractivity contribution in [3.05, 3.63) is 30.3 Å². The Hall–Kier alpha value is -0.995. The summed E-state index contributed by atoms with van der Waals surface area (Å²) < 4.78 is 12.3. The first-order valence-corrected chi connectivity index (χ1v) is 7.34. The summed E-state index contributed by atoms with van der Waals surface area (Å²) >= 11 is 0. The van der Waals surface area contributed by atoms with Crippen molar-refractivity contribution >= 4 is 6.92 Å². The highest BCUT2D eigenvalue weighted by Crippen LogP contribution is 2.44. The minimum absolute atomic E-state index is 0.0447. The first-order valence-electron chi connectivity index (χ1n) is 7.34. The van der Waals surface area contributed by atoms with Gasteiger partial charge in [-0.15, -0.1) is 0 Å². The van der Waals surface area contributed by atoms with E-state index in [9.17, 15) is 0 Å². The van der Waals surface area contributed by atoms with Crippen molar-refractivity contribution < 1.29 is 14.5 Å². The molecule has 102 valence electrons. The number of para-hydroxylation sites is 1. The van der Waals surface area contributed by atoms with Crippen molar-refractivity contribution in [2.75, 3.05) is 6.61 Å². The highest BCUT2D eigenvalue weighted by atomic mass is 16.6. The van der Waals surface area contributed by atoms with Crippen LogP contribution in [-0.2, 0) is 4.74 Å². The fraction of sp³-hybridized carbons (Fsp3) is 0.600. The predicted molar refractivity (Wildman–Crippen MR) is 75.2 cm³/mol. The second-order valence-corrected chi connectivity index (χ2v) is 5.65. The molecule has 1 unspecified atom stereocenters. The summed E-state index contributed by atoms with van der Waals surface area (Å²) in [5.74, 6) is 0.906. The summed E-state index contributed by atoms with van der Waals surface area (Å²) in [6.45, 7) is 0.261. The highest BCUT2D eigenvalue weighted by molar-refractivity contribution is 6.60. The zero-order valence-corrected chi connectivity index (χ0v) is 11.3. The van der Waals surface area contributed by atoms with E-state index in [1.54, 1.807) is 0 Å². The van der Waals surface area contributed by atoms with Crippen molar-refractivity contribution in [1.29, 1.82) is 0 Å². The van der Waals surface area contributed by atoms with Crippen LogP contribution in [0.3, 0.4) is 0 Å². The molecular formula is C15H21BO3. The lowest BCUT2D eigenvalue weighted by Gasteiger charge is -2.53. The smallest absolute Gasteiger partial charge is 0.419 e. The molecule has 1 saturated carbocycles. The molecule has 1 aliphatic carbocycles. The van der Waals surface area contributed by atoms with Gasteiger partial charge in [-0.2, -0.15) is 0 Å². The zero-order chi connectivity index (χ0) is 13.1. The Kier molecular flexibility index (Phi) is 3.80. The fourth-order valence-electron chi connectivity index (χ4n) is 3.42. The maximum absolute atomic E-state index is 9.14. The molecule has 3 rings (SSSR count). The summed E-state index contributed by atoms with van der Waals surface area (Å²) in [5.41, 5.74) is -0.0894. The van der Waals surface area contributed by atoms with Gasteiger partial charge in [0.2, 0.25) is 0 Å². The van der Waals surface area contributed by atoms with Gasteiger partial charge in [0.15, 0.2) is 0 Å². The van der Waals surface area contributed by atoms with E-state index in [0.717, 1.165) is 18.6 Å². The molecule has 3 nitrogen and oxygen atoms in total. The van der Waals surface area contributed by atoms with E-state index in [2.05, 4.69) is 0 Å². The van der Waals surface area contributed by atoms with Crippen LogP contribution in [0.4, 0.5) is 0 Å². The quantitative estimate of drug-likeness (QED) is 0.846. The number of ether oxygens (including phenoxy) is 1. The molecule has 1 aromatic carbocycles. The number of benzene rings is 1. The normalized spacial score (nSPS) is 25.1. The molecule has 0 bridgehead atoms. The number of hydrogen-bond acceptors (Lipinski definition) is 3. The summed E-state index contributed by atoms with van der Waals surface area (Å²) in [5, 5.41) is 9.14. The van der Waals surface area contributed by atoms with Gasteiger partial charge in [0, 0.05) is 6.61 Å². The van der Waals surface area contributed by atoms with E-state index in [1.165, 1.54) is 19.3 Å². The standard InChI is InChI=1S/C15H21BO3/c17-12-9-14-16(19-13-7-3-1-4-8-13)15(18-14)10-5-2-6-11-15/h1,3-4,7-8,14,17H,2,5-6,9-12H2. The van der Waals surface area contributed by atoms with Crippen LogP contribution < -0.4 is 4.65 Å². The van der Waals surface area contributed by atoms with Crippen molar-refractivity contribution in [3.63, 3.8) is 0 Å². The fourth-order valence-corrected chi connectivity index (χ4v) is 3.42. The first kappa shape index (κ1) is 13.0. The van der Waals surface area contributed by atoms with Crippen LogP contribution in [-0.4, -0.2) is 30.1 Å². The molecule has 1 spiro atoms. The second-order valence-electron chi connectivity index (χ2n) is 5.65. The number of aliphatic hydroxyl groups is 1. The maximum Gasteiger partial charge on any atom is 0.419 e. The zero-order valence-electron chi connectivity index (χ0n) is 11.3. The van der Waals surface area contributed by atoms with Gasteiger partial charge in [-0.25, -0.2) is 0 Å². The van der Waals surface area contributed by atoms with Gasteiger partial charge in [0.25, 0.3) is 0 Å². The molecule has 19 heavy (non-hydrogen) atoms. The maximum atomic E-state index is 9.14. The lowest BCUT2D eigenvalue weighted by atomic mass is 9.39. The molecule has 1 atom stereocenters.